The molecule has 1 unspecified atom stereocenters. The van der Waals surface area contributed by atoms with Crippen molar-refractivity contribution in [1.82, 2.24) is 15.1 Å². The minimum Gasteiger partial charge on any atom is -0.508 e. The Morgan fingerprint density at radius 2 is 1.56 bits per heavy atom. The number of hydrogen-bond acceptors (Lipinski definition) is 9. The molecule has 0 saturated carbocycles. The summed E-state index contributed by atoms with van der Waals surface area (Å²) in [5, 5.41) is 12.6. The van der Waals surface area contributed by atoms with E-state index >= 15 is 0 Å². The van der Waals surface area contributed by atoms with Crippen LogP contribution in [0.15, 0.2) is 78.9 Å². The summed E-state index contributed by atoms with van der Waals surface area (Å²) < 4.78 is 25.8. The number of carbonyl (C=O) groups excluding carboxylic acids is 3. The first-order valence-electron chi connectivity index (χ1n) is 20.1. The summed E-state index contributed by atoms with van der Waals surface area (Å²) in [6.45, 7) is 7.70. The Kier molecular flexibility index (Phi) is 9.98. The zero-order chi connectivity index (χ0) is 39.2. The quantitative estimate of drug-likeness (QED) is 0.220. The molecule has 11 nitrogen and oxygen atoms in total. The van der Waals surface area contributed by atoms with E-state index in [9.17, 15) is 23.9 Å². The highest BCUT2D eigenvalue weighted by Gasteiger charge is 2.40. The fraction of sp³-hybridized carbons (Fsp3) is 0.400. The predicted octanol–water partition coefficient (Wildman–Crippen LogP) is 5.65. The molecule has 3 atom stereocenters. The fourth-order valence-electron chi connectivity index (χ4n) is 9.58. The van der Waals surface area contributed by atoms with Gasteiger partial charge in [-0.3, -0.25) is 24.6 Å². The first-order valence-corrected chi connectivity index (χ1v) is 20.1. The van der Waals surface area contributed by atoms with Crippen molar-refractivity contribution < 1.29 is 33.4 Å². The number of hydrogen-bond donors (Lipinski definition) is 2. The Morgan fingerprint density at radius 1 is 0.825 bits per heavy atom. The van der Waals surface area contributed by atoms with Crippen LogP contribution in [0.1, 0.15) is 70.1 Å². The number of methoxy groups -OCH3 is 1. The molecule has 57 heavy (non-hydrogen) atoms. The molecule has 4 aromatic rings. The first-order chi connectivity index (χ1) is 27.7. The van der Waals surface area contributed by atoms with Gasteiger partial charge in [-0.25, -0.2) is 4.39 Å². The molecule has 5 aliphatic heterocycles. The monoisotopic (exact) mass is 773 g/mol. The minimum absolute atomic E-state index is 0.0491. The van der Waals surface area contributed by atoms with Crippen molar-refractivity contribution in [3.05, 3.63) is 112 Å². The number of rotatable bonds is 8. The van der Waals surface area contributed by atoms with Gasteiger partial charge < -0.3 is 29.3 Å². The third-order valence-corrected chi connectivity index (χ3v) is 12.7. The van der Waals surface area contributed by atoms with Crippen molar-refractivity contribution in [1.29, 1.82) is 0 Å². The largest absolute Gasteiger partial charge is 0.508 e. The van der Waals surface area contributed by atoms with Gasteiger partial charge in [0.15, 0.2) is 11.6 Å². The predicted molar refractivity (Wildman–Crippen MR) is 214 cm³/mol. The lowest BCUT2D eigenvalue weighted by Gasteiger charge is -2.40. The lowest BCUT2D eigenvalue weighted by Crippen LogP contribution is -2.52. The Morgan fingerprint density at radius 3 is 2.32 bits per heavy atom. The first kappa shape index (κ1) is 37.0. The molecular weight excluding hydrogens is 726 g/mol. The standard InChI is InChI=1S/C45H48FN5O6/c1-56-41-23-30(4-11-38(41)46)37-27-57-40-24-34(52)8-10-36(40)43(37)29-2-5-32(6-3-29)49-16-14-28(15-17-49)25-48-18-20-50(21-19-48)33-7-9-35-31(22-33)26-51(45(35)55)39-12-13-42(53)47-44(39)54/h2-11,22-24,28,37,39,43,52H,12-21,25-27H2,1H3,(H,47,53,54)/t37-,39?,43-/m1/s1. The maximum Gasteiger partial charge on any atom is 0.255 e. The van der Waals surface area contributed by atoms with Crippen LogP contribution < -0.4 is 24.6 Å². The van der Waals surface area contributed by atoms with Crippen molar-refractivity contribution in [2.75, 3.05) is 69.3 Å². The highest BCUT2D eigenvalue weighted by Crippen LogP contribution is 2.48. The second-order valence-corrected chi connectivity index (χ2v) is 16.1. The molecule has 5 aliphatic rings. The summed E-state index contributed by atoms with van der Waals surface area (Å²) >= 11 is 0. The number of aromatic hydroxyl groups is 1. The second kappa shape index (κ2) is 15.4. The van der Waals surface area contributed by atoms with E-state index in [1.807, 2.05) is 24.3 Å². The molecule has 0 aromatic heterocycles. The van der Waals surface area contributed by atoms with Crippen LogP contribution in [-0.4, -0.2) is 98.2 Å². The van der Waals surface area contributed by atoms with Crippen LogP contribution in [0.25, 0.3) is 0 Å². The summed E-state index contributed by atoms with van der Waals surface area (Å²) in [5.74, 6) is 0.354. The van der Waals surface area contributed by atoms with Crippen LogP contribution in [0.4, 0.5) is 15.8 Å². The Labute approximate surface area is 331 Å². The highest BCUT2D eigenvalue weighted by molar-refractivity contribution is 6.05. The molecule has 12 heteroatoms. The maximum absolute atomic E-state index is 14.4. The number of carbonyl (C=O) groups is 3. The lowest BCUT2D eigenvalue weighted by molar-refractivity contribution is -0.136. The molecule has 3 amide bonds. The van der Waals surface area contributed by atoms with Gasteiger partial charge >= 0.3 is 0 Å². The molecule has 0 bridgehead atoms. The van der Waals surface area contributed by atoms with E-state index in [-0.39, 0.29) is 47.5 Å². The van der Waals surface area contributed by atoms with Crippen LogP contribution in [-0.2, 0) is 16.1 Å². The van der Waals surface area contributed by atoms with Gasteiger partial charge in [0.1, 0.15) is 17.5 Å². The SMILES string of the molecule is COc1cc([C@H]2COc3cc(O)ccc3[C@H]2c2ccc(N3CCC(CN4CCN(c5ccc6c(c5)CN(C5CCC(=O)NC5=O)C6=O)CC4)CC3)cc2)ccc1F. The van der Waals surface area contributed by atoms with E-state index in [0.29, 0.717) is 36.8 Å². The number of benzene rings is 4. The molecule has 5 heterocycles. The number of halogens is 1. The summed E-state index contributed by atoms with van der Waals surface area (Å²) in [6.07, 6.45) is 2.88. The van der Waals surface area contributed by atoms with E-state index in [2.05, 4.69) is 50.3 Å². The molecule has 9 rings (SSSR count). The molecule has 296 valence electrons. The van der Waals surface area contributed by atoms with Gasteiger partial charge in [-0.1, -0.05) is 24.3 Å². The minimum atomic E-state index is -0.602. The Bertz CT molecular complexity index is 2180. The van der Waals surface area contributed by atoms with Crippen LogP contribution in [0.2, 0.25) is 0 Å². The van der Waals surface area contributed by atoms with E-state index < -0.39 is 11.9 Å². The van der Waals surface area contributed by atoms with Crippen molar-refractivity contribution >= 4 is 29.1 Å². The molecule has 3 saturated heterocycles. The average Bonchev–Trinajstić information content (AvgIpc) is 3.56. The van der Waals surface area contributed by atoms with Crippen LogP contribution >= 0.6 is 0 Å². The molecule has 0 radical (unpaired) electrons. The number of phenolic OH excluding ortho intramolecular Hbond substituents is 1. The summed E-state index contributed by atoms with van der Waals surface area (Å²) in [6, 6.07) is 24.6. The Hall–Kier alpha value is -5.62. The van der Waals surface area contributed by atoms with Gasteiger partial charge in [0.05, 0.1) is 13.7 Å². The molecule has 4 aromatic carbocycles. The molecule has 0 aliphatic carbocycles. The van der Waals surface area contributed by atoms with Crippen LogP contribution in [0, 0.1) is 11.7 Å². The number of piperidine rings is 2. The Balaban J connectivity index is 0.792. The third kappa shape index (κ3) is 7.27. The zero-order valence-corrected chi connectivity index (χ0v) is 32.2. The summed E-state index contributed by atoms with van der Waals surface area (Å²) in [5.41, 5.74) is 6.97. The molecule has 0 spiro atoms. The lowest BCUT2D eigenvalue weighted by atomic mass is 9.75. The maximum atomic E-state index is 14.4. The van der Waals surface area contributed by atoms with Crippen molar-refractivity contribution in [2.24, 2.45) is 5.92 Å². The molecule has 2 N–H and O–H groups in total. The number of nitrogens with zero attached hydrogens (tertiary/aromatic N) is 4. The van der Waals surface area contributed by atoms with Gasteiger partial charge in [0, 0.05) is 99.2 Å². The van der Waals surface area contributed by atoms with Crippen molar-refractivity contribution in [3.63, 3.8) is 0 Å². The number of phenols is 1. The van der Waals surface area contributed by atoms with Gasteiger partial charge in [0.25, 0.3) is 5.91 Å². The number of ether oxygens (including phenoxy) is 2. The van der Waals surface area contributed by atoms with E-state index in [1.165, 1.54) is 18.9 Å². The summed E-state index contributed by atoms with van der Waals surface area (Å²) in [7, 11) is 1.48. The van der Waals surface area contributed by atoms with Gasteiger partial charge in [-0.05, 0) is 90.4 Å². The van der Waals surface area contributed by atoms with E-state index in [4.69, 9.17) is 9.47 Å². The van der Waals surface area contributed by atoms with E-state index in [1.54, 1.807) is 23.1 Å². The van der Waals surface area contributed by atoms with Gasteiger partial charge in [-0.2, -0.15) is 0 Å². The van der Waals surface area contributed by atoms with Crippen LogP contribution in [0.3, 0.4) is 0 Å². The fourth-order valence-corrected chi connectivity index (χ4v) is 9.58. The number of anilines is 2. The molecule has 3 fully saturated rings. The second-order valence-electron chi connectivity index (χ2n) is 16.1. The van der Waals surface area contributed by atoms with E-state index in [0.717, 1.165) is 86.6 Å². The number of piperazine rings is 1. The average molecular weight is 774 g/mol. The van der Waals surface area contributed by atoms with Gasteiger partial charge in [0.2, 0.25) is 11.8 Å². The number of imide groups is 1. The smallest absolute Gasteiger partial charge is 0.255 e. The summed E-state index contributed by atoms with van der Waals surface area (Å²) in [4.78, 5) is 46.3. The van der Waals surface area contributed by atoms with Crippen molar-refractivity contribution in [2.45, 2.75) is 50.1 Å². The highest BCUT2D eigenvalue weighted by atomic mass is 19.1. The molecular formula is C45H48FN5O6. The van der Waals surface area contributed by atoms with Crippen molar-refractivity contribution in [3.8, 4) is 17.2 Å². The van der Waals surface area contributed by atoms with Gasteiger partial charge in [-0.15, -0.1) is 0 Å². The zero-order valence-electron chi connectivity index (χ0n) is 32.2. The normalized spacial score (nSPS) is 22.9. The number of amides is 3. The number of nitrogens with one attached hydrogen (secondary N) is 1. The van der Waals surface area contributed by atoms with Crippen LogP contribution in [0.5, 0.6) is 17.2 Å². The third-order valence-electron chi connectivity index (χ3n) is 12.7. The topological polar surface area (TPSA) is 115 Å². The number of fused-ring (bicyclic) bond motifs is 2.